The number of nitrogens with one attached hydrogen (secondary N) is 1. The molecule has 2 saturated heterocycles. The van der Waals surface area contributed by atoms with E-state index in [-0.39, 0.29) is 0 Å². The predicted octanol–water partition coefficient (Wildman–Crippen LogP) is 2.77. The van der Waals surface area contributed by atoms with Crippen molar-refractivity contribution in [1.82, 2.24) is 10.3 Å². The largest absolute Gasteiger partial charge is 0.490 e. The van der Waals surface area contributed by atoms with Crippen molar-refractivity contribution in [2.24, 2.45) is 0 Å². The summed E-state index contributed by atoms with van der Waals surface area (Å²) in [6.45, 7) is 3.51. The van der Waals surface area contributed by atoms with Crippen molar-refractivity contribution in [3.05, 3.63) is 48.2 Å². The number of aliphatic hydroxyl groups is 1. The fraction of sp³-hybridized carbons (Fsp3) is 0.400. The zero-order chi connectivity index (χ0) is 21.1. The number of carbonyl (C=O) groups is 1. The SMILES string of the molecule is O=C(O)C(F)(F)F.OC1(c2ccc(-c3ccc(N4CCCC4)nc3)cc2)CNC1. The lowest BCUT2D eigenvalue weighted by atomic mass is 9.87. The highest BCUT2D eigenvalue weighted by Crippen LogP contribution is 2.28. The molecule has 4 rings (SSSR count). The number of aromatic nitrogens is 1. The summed E-state index contributed by atoms with van der Waals surface area (Å²) in [6.07, 6.45) is -0.604. The van der Waals surface area contributed by atoms with Gasteiger partial charge in [-0.25, -0.2) is 9.78 Å². The Kier molecular flexibility index (Phi) is 6.09. The van der Waals surface area contributed by atoms with Crippen LogP contribution in [0.3, 0.4) is 0 Å². The van der Waals surface area contributed by atoms with Gasteiger partial charge in [0.15, 0.2) is 0 Å². The molecule has 0 bridgehead atoms. The molecule has 2 aliphatic rings. The van der Waals surface area contributed by atoms with Crippen LogP contribution in [0.15, 0.2) is 42.6 Å². The van der Waals surface area contributed by atoms with E-state index in [4.69, 9.17) is 9.90 Å². The van der Waals surface area contributed by atoms with Crippen LogP contribution in [0.5, 0.6) is 0 Å². The van der Waals surface area contributed by atoms with Gasteiger partial charge in [-0.05, 0) is 36.1 Å². The maximum Gasteiger partial charge on any atom is 0.490 e. The van der Waals surface area contributed by atoms with Gasteiger partial charge in [0, 0.05) is 37.9 Å². The van der Waals surface area contributed by atoms with E-state index >= 15 is 0 Å². The maximum absolute atomic E-state index is 10.6. The number of hydrogen-bond acceptors (Lipinski definition) is 5. The second-order valence-corrected chi connectivity index (χ2v) is 7.11. The van der Waals surface area contributed by atoms with Crippen LogP contribution in [0.1, 0.15) is 18.4 Å². The Bertz CT molecular complexity index is 829. The van der Waals surface area contributed by atoms with Crippen molar-refractivity contribution in [2.45, 2.75) is 24.6 Å². The van der Waals surface area contributed by atoms with Gasteiger partial charge >= 0.3 is 12.1 Å². The summed E-state index contributed by atoms with van der Waals surface area (Å²) in [5, 5.41) is 20.6. The number of benzene rings is 1. The molecular weight excluding hydrogens is 387 g/mol. The molecule has 156 valence electrons. The third-order valence-electron chi connectivity index (χ3n) is 5.01. The van der Waals surface area contributed by atoms with Gasteiger partial charge in [0.1, 0.15) is 11.4 Å². The number of carboxylic acid groups (broad SMARTS) is 1. The Morgan fingerprint density at radius 3 is 2.00 bits per heavy atom. The Morgan fingerprint density at radius 1 is 1.03 bits per heavy atom. The number of anilines is 1. The van der Waals surface area contributed by atoms with Crippen molar-refractivity contribution >= 4 is 11.8 Å². The van der Waals surface area contributed by atoms with Gasteiger partial charge in [-0.3, -0.25) is 0 Å². The third-order valence-corrected chi connectivity index (χ3v) is 5.01. The van der Waals surface area contributed by atoms with Crippen LogP contribution in [-0.2, 0) is 10.4 Å². The fourth-order valence-corrected chi connectivity index (χ4v) is 3.23. The monoisotopic (exact) mass is 409 g/mol. The van der Waals surface area contributed by atoms with Crippen molar-refractivity contribution in [3.8, 4) is 11.1 Å². The van der Waals surface area contributed by atoms with Crippen LogP contribution in [0.25, 0.3) is 11.1 Å². The van der Waals surface area contributed by atoms with E-state index in [9.17, 15) is 18.3 Å². The predicted molar refractivity (Wildman–Crippen MR) is 102 cm³/mol. The van der Waals surface area contributed by atoms with Gasteiger partial charge < -0.3 is 20.4 Å². The second-order valence-electron chi connectivity index (χ2n) is 7.11. The van der Waals surface area contributed by atoms with Gasteiger partial charge in [0.25, 0.3) is 0 Å². The maximum atomic E-state index is 10.6. The first-order valence-corrected chi connectivity index (χ1v) is 9.24. The smallest absolute Gasteiger partial charge is 0.475 e. The van der Waals surface area contributed by atoms with Gasteiger partial charge in [0.2, 0.25) is 0 Å². The summed E-state index contributed by atoms with van der Waals surface area (Å²) in [7, 11) is 0. The van der Waals surface area contributed by atoms with Gasteiger partial charge in [0.05, 0.1) is 0 Å². The number of carboxylic acids is 1. The van der Waals surface area contributed by atoms with E-state index in [1.54, 1.807) is 0 Å². The van der Waals surface area contributed by atoms with Gasteiger partial charge in [-0.15, -0.1) is 0 Å². The molecule has 6 nitrogen and oxygen atoms in total. The highest BCUT2D eigenvalue weighted by molar-refractivity contribution is 5.73. The van der Waals surface area contributed by atoms with E-state index in [1.807, 2.05) is 18.3 Å². The average molecular weight is 409 g/mol. The highest BCUT2D eigenvalue weighted by Gasteiger charge is 2.38. The standard InChI is InChI=1S/C18H21N3O.C2HF3O2/c22-18(12-19-13-18)16-6-3-14(4-7-16)15-5-8-17(20-11-15)21-9-1-2-10-21;3-2(4,5)1(6)7/h3-8,11,19,22H,1-2,9-10,12-13H2;(H,6,7). The van der Waals surface area contributed by atoms with Crippen molar-refractivity contribution < 1.29 is 28.2 Å². The quantitative estimate of drug-likeness (QED) is 0.723. The Hall–Kier alpha value is -2.65. The molecule has 2 aliphatic heterocycles. The molecule has 1 aromatic carbocycles. The van der Waals surface area contributed by atoms with E-state index in [1.165, 1.54) is 12.8 Å². The van der Waals surface area contributed by atoms with Gasteiger partial charge in [-0.1, -0.05) is 24.3 Å². The first-order valence-electron chi connectivity index (χ1n) is 9.24. The molecule has 0 aliphatic carbocycles. The number of alkyl halides is 3. The topological polar surface area (TPSA) is 85.7 Å². The second kappa shape index (κ2) is 8.38. The minimum atomic E-state index is -5.08. The molecule has 9 heteroatoms. The number of hydrogen-bond donors (Lipinski definition) is 3. The lowest BCUT2D eigenvalue weighted by Crippen LogP contribution is -2.56. The molecule has 3 N–H and O–H groups in total. The lowest BCUT2D eigenvalue weighted by molar-refractivity contribution is -0.192. The number of rotatable bonds is 3. The summed E-state index contributed by atoms with van der Waals surface area (Å²) < 4.78 is 31.7. The van der Waals surface area contributed by atoms with E-state index < -0.39 is 17.7 Å². The van der Waals surface area contributed by atoms with Crippen LogP contribution in [0, 0.1) is 0 Å². The first kappa shape index (κ1) is 21.1. The molecule has 0 radical (unpaired) electrons. The molecule has 0 atom stereocenters. The zero-order valence-electron chi connectivity index (χ0n) is 15.6. The zero-order valence-corrected chi connectivity index (χ0v) is 15.6. The van der Waals surface area contributed by atoms with Crippen LogP contribution < -0.4 is 10.2 Å². The highest BCUT2D eigenvalue weighted by atomic mass is 19.4. The first-order chi connectivity index (χ1) is 13.7. The molecule has 2 aromatic rings. The summed E-state index contributed by atoms with van der Waals surface area (Å²) in [6, 6.07) is 12.4. The number of halogens is 3. The van der Waals surface area contributed by atoms with Crippen molar-refractivity contribution in [1.29, 1.82) is 0 Å². The molecule has 0 amide bonds. The van der Waals surface area contributed by atoms with Crippen molar-refractivity contribution in [2.75, 3.05) is 31.1 Å². The minimum Gasteiger partial charge on any atom is -0.475 e. The summed E-state index contributed by atoms with van der Waals surface area (Å²) >= 11 is 0. The van der Waals surface area contributed by atoms with Gasteiger partial charge in [-0.2, -0.15) is 13.2 Å². The molecule has 29 heavy (non-hydrogen) atoms. The summed E-state index contributed by atoms with van der Waals surface area (Å²) in [4.78, 5) is 15.8. The molecule has 0 spiro atoms. The number of nitrogens with zero attached hydrogens (tertiary/aromatic N) is 2. The fourth-order valence-electron chi connectivity index (χ4n) is 3.23. The van der Waals surface area contributed by atoms with E-state index in [0.29, 0.717) is 13.1 Å². The van der Waals surface area contributed by atoms with Crippen molar-refractivity contribution in [3.63, 3.8) is 0 Å². The molecule has 3 heterocycles. The number of pyridine rings is 1. The molecule has 0 unspecified atom stereocenters. The van der Waals surface area contributed by atoms with E-state index in [2.05, 4.69) is 39.5 Å². The van der Waals surface area contributed by atoms with Crippen LogP contribution in [-0.4, -0.2) is 53.5 Å². The molecular formula is C20H22F3N3O3. The molecule has 2 fully saturated rings. The lowest BCUT2D eigenvalue weighted by Gasteiger charge is -2.38. The Labute approximate surface area is 166 Å². The number of aliphatic carboxylic acids is 1. The Balaban J connectivity index is 0.000000298. The third kappa shape index (κ3) is 5.04. The molecule has 1 aromatic heterocycles. The number of β-amino-alcohol motifs (C(OH)–C–C–N with tert-alkyl or cyclic N) is 1. The van der Waals surface area contributed by atoms with E-state index in [0.717, 1.165) is 35.6 Å². The van der Waals surface area contributed by atoms with Crippen LogP contribution in [0.2, 0.25) is 0 Å². The van der Waals surface area contributed by atoms with Crippen LogP contribution in [0.4, 0.5) is 19.0 Å². The minimum absolute atomic E-state index is 0.637. The van der Waals surface area contributed by atoms with Crippen LogP contribution >= 0.6 is 0 Å². The molecule has 0 saturated carbocycles. The Morgan fingerprint density at radius 2 is 1.59 bits per heavy atom. The summed E-state index contributed by atoms with van der Waals surface area (Å²) in [5.41, 5.74) is 2.56. The normalized spacial score (nSPS) is 17.9. The summed E-state index contributed by atoms with van der Waals surface area (Å²) in [5.74, 6) is -1.68. The average Bonchev–Trinajstić information content (AvgIpc) is 3.21.